The molecule has 2 rings (SSSR count). The number of hydrogen-bond donors (Lipinski definition) is 0. The van der Waals surface area contributed by atoms with E-state index in [9.17, 15) is 18.3 Å². The highest BCUT2D eigenvalue weighted by Crippen LogP contribution is 2.41. The van der Waals surface area contributed by atoms with E-state index in [0.717, 1.165) is 19.3 Å². The summed E-state index contributed by atoms with van der Waals surface area (Å²) in [5, 5.41) is 10.4. The first kappa shape index (κ1) is 9.96. The fraction of sp³-hybridized carbons (Fsp3) is 0.889. The second kappa shape index (κ2) is 3.22. The zero-order chi connectivity index (χ0) is 10.3. The highest BCUT2D eigenvalue weighted by molar-refractivity contribution is 7.92. The molecule has 5 heteroatoms. The lowest BCUT2D eigenvalue weighted by molar-refractivity contribution is -0.312. The molecule has 80 valence electrons. The summed E-state index contributed by atoms with van der Waals surface area (Å²) in [7, 11) is -3.16. The van der Waals surface area contributed by atoms with Crippen molar-refractivity contribution in [2.45, 2.75) is 30.9 Å². The van der Waals surface area contributed by atoms with Crippen LogP contribution in [0.4, 0.5) is 0 Å². The van der Waals surface area contributed by atoms with Gasteiger partial charge in [0.1, 0.15) is 0 Å². The van der Waals surface area contributed by atoms with E-state index >= 15 is 0 Å². The van der Waals surface area contributed by atoms with Crippen LogP contribution in [0.25, 0.3) is 0 Å². The Morgan fingerprint density at radius 3 is 2.50 bits per heavy atom. The summed E-state index contributed by atoms with van der Waals surface area (Å²) in [6.07, 6.45) is 3.21. The molecular weight excluding hydrogens is 204 g/mol. The van der Waals surface area contributed by atoms with Crippen molar-refractivity contribution in [1.82, 2.24) is 0 Å². The average Bonchev–Trinajstić information content (AvgIpc) is 2.40. The summed E-state index contributed by atoms with van der Waals surface area (Å²) in [4.78, 5) is 10.8. The molecule has 0 amide bonds. The molecule has 1 aliphatic carbocycles. The van der Waals surface area contributed by atoms with Crippen LogP contribution in [0.2, 0.25) is 0 Å². The van der Waals surface area contributed by atoms with Crippen LogP contribution in [-0.4, -0.2) is 25.4 Å². The Kier molecular flexibility index (Phi) is 2.29. The van der Waals surface area contributed by atoms with E-state index in [4.69, 9.17) is 0 Å². The van der Waals surface area contributed by atoms with Crippen LogP contribution < -0.4 is 5.11 Å². The number of carbonyl (C=O) groups is 1. The first-order valence-corrected chi connectivity index (χ1v) is 6.66. The van der Waals surface area contributed by atoms with Gasteiger partial charge in [0.25, 0.3) is 0 Å². The van der Waals surface area contributed by atoms with Crippen molar-refractivity contribution >= 4 is 15.8 Å². The summed E-state index contributed by atoms with van der Waals surface area (Å²) in [5.74, 6) is -2.34. The van der Waals surface area contributed by atoms with Crippen molar-refractivity contribution in [3.63, 3.8) is 0 Å². The molecule has 0 bridgehead atoms. The van der Waals surface area contributed by atoms with Gasteiger partial charge in [-0.1, -0.05) is 12.8 Å². The molecule has 1 saturated heterocycles. The minimum absolute atomic E-state index is 0.182. The van der Waals surface area contributed by atoms with Crippen LogP contribution in [0.15, 0.2) is 0 Å². The Bertz CT molecular complexity index is 346. The van der Waals surface area contributed by atoms with E-state index in [1.165, 1.54) is 0 Å². The number of carboxylic acids is 1. The SMILES string of the molecule is O=C([O-])C1CS(=O)(=O)C2CCCCC12. The van der Waals surface area contributed by atoms with Gasteiger partial charge in [0.2, 0.25) is 0 Å². The predicted molar refractivity (Wildman–Crippen MR) is 48.0 cm³/mol. The second-order valence-corrected chi connectivity index (χ2v) is 6.51. The molecule has 0 aromatic heterocycles. The molecule has 1 heterocycles. The van der Waals surface area contributed by atoms with Crippen molar-refractivity contribution in [1.29, 1.82) is 0 Å². The van der Waals surface area contributed by atoms with Gasteiger partial charge in [-0.15, -0.1) is 0 Å². The zero-order valence-electron chi connectivity index (χ0n) is 7.81. The fourth-order valence-corrected chi connectivity index (χ4v) is 5.29. The second-order valence-electron chi connectivity index (χ2n) is 4.24. The van der Waals surface area contributed by atoms with Crippen molar-refractivity contribution in [3.8, 4) is 0 Å². The van der Waals surface area contributed by atoms with Crippen LogP contribution in [0, 0.1) is 11.8 Å². The monoisotopic (exact) mass is 217 g/mol. The number of carboxylic acid groups (broad SMARTS) is 1. The third kappa shape index (κ3) is 1.43. The lowest BCUT2D eigenvalue weighted by Crippen LogP contribution is -2.37. The molecule has 0 spiro atoms. The quantitative estimate of drug-likeness (QED) is 0.584. The number of fused-ring (bicyclic) bond motifs is 1. The fourth-order valence-electron chi connectivity index (χ4n) is 2.77. The molecule has 0 N–H and O–H groups in total. The van der Waals surface area contributed by atoms with Gasteiger partial charge in [-0.3, -0.25) is 0 Å². The molecule has 0 radical (unpaired) electrons. The summed E-state index contributed by atoms with van der Waals surface area (Å²) >= 11 is 0. The summed E-state index contributed by atoms with van der Waals surface area (Å²) in [6.45, 7) is 0. The minimum Gasteiger partial charge on any atom is -0.550 e. The van der Waals surface area contributed by atoms with Crippen LogP contribution in [-0.2, 0) is 14.6 Å². The number of rotatable bonds is 1. The first-order chi connectivity index (χ1) is 6.52. The molecule has 2 aliphatic rings. The lowest BCUT2D eigenvalue weighted by Gasteiger charge is -2.27. The van der Waals surface area contributed by atoms with Gasteiger partial charge in [0.05, 0.1) is 11.0 Å². The van der Waals surface area contributed by atoms with Crippen molar-refractivity contribution in [2.75, 3.05) is 5.75 Å². The van der Waals surface area contributed by atoms with Gasteiger partial charge in [0.15, 0.2) is 9.84 Å². The third-order valence-corrected chi connectivity index (χ3v) is 5.78. The molecule has 0 aromatic carbocycles. The van der Waals surface area contributed by atoms with E-state index in [0.29, 0.717) is 6.42 Å². The first-order valence-electron chi connectivity index (χ1n) is 4.95. The zero-order valence-corrected chi connectivity index (χ0v) is 8.63. The Hall–Kier alpha value is -0.580. The summed E-state index contributed by atoms with van der Waals surface area (Å²) in [5.41, 5.74) is 0. The van der Waals surface area contributed by atoms with Gasteiger partial charge in [0, 0.05) is 11.9 Å². The van der Waals surface area contributed by atoms with Crippen LogP contribution in [0.3, 0.4) is 0 Å². The average molecular weight is 217 g/mol. The van der Waals surface area contributed by atoms with E-state index in [1.807, 2.05) is 0 Å². The van der Waals surface area contributed by atoms with E-state index in [-0.39, 0.29) is 11.7 Å². The van der Waals surface area contributed by atoms with Gasteiger partial charge >= 0.3 is 0 Å². The maximum Gasteiger partial charge on any atom is 0.154 e. The van der Waals surface area contributed by atoms with Crippen LogP contribution in [0.5, 0.6) is 0 Å². The van der Waals surface area contributed by atoms with Crippen LogP contribution in [0.1, 0.15) is 25.7 Å². The predicted octanol–water partition coefficient (Wildman–Crippen LogP) is -0.660. The molecule has 0 aromatic rings. The molecule has 4 nitrogen and oxygen atoms in total. The van der Waals surface area contributed by atoms with Gasteiger partial charge in [-0.2, -0.15) is 0 Å². The molecule has 3 unspecified atom stereocenters. The molecule has 14 heavy (non-hydrogen) atoms. The number of aliphatic carboxylic acids is 1. The Balaban J connectivity index is 2.31. The maximum absolute atomic E-state index is 11.6. The number of carbonyl (C=O) groups excluding carboxylic acids is 1. The van der Waals surface area contributed by atoms with Gasteiger partial charge in [-0.25, -0.2) is 8.42 Å². The number of sulfone groups is 1. The highest BCUT2D eigenvalue weighted by Gasteiger charge is 2.48. The number of hydrogen-bond acceptors (Lipinski definition) is 4. The van der Waals surface area contributed by atoms with E-state index in [2.05, 4.69) is 0 Å². The third-order valence-electron chi connectivity index (χ3n) is 3.45. The Labute approximate surface area is 83.2 Å². The lowest BCUT2D eigenvalue weighted by atomic mass is 9.81. The molecule has 1 saturated carbocycles. The summed E-state index contributed by atoms with van der Waals surface area (Å²) in [6, 6.07) is 0. The highest BCUT2D eigenvalue weighted by atomic mass is 32.2. The van der Waals surface area contributed by atoms with Gasteiger partial charge < -0.3 is 9.90 Å². The standard InChI is InChI=1S/C9H14O4S/c10-9(11)7-5-14(12,13)8-4-2-1-3-6(7)8/h6-8H,1-5H2,(H,10,11)/p-1. The molecule has 1 aliphatic heterocycles. The largest absolute Gasteiger partial charge is 0.550 e. The maximum atomic E-state index is 11.6. The Morgan fingerprint density at radius 2 is 1.86 bits per heavy atom. The Morgan fingerprint density at radius 1 is 1.21 bits per heavy atom. The summed E-state index contributed by atoms with van der Waals surface area (Å²) < 4.78 is 23.2. The molecule has 3 atom stereocenters. The van der Waals surface area contributed by atoms with E-state index < -0.39 is 27.0 Å². The van der Waals surface area contributed by atoms with E-state index in [1.54, 1.807) is 0 Å². The normalized spacial score (nSPS) is 40.4. The minimum atomic E-state index is -3.16. The van der Waals surface area contributed by atoms with Gasteiger partial charge in [-0.05, 0) is 18.8 Å². The molecule has 2 fully saturated rings. The van der Waals surface area contributed by atoms with Crippen molar-refractivity contribution < 1.29 is 18.3 Å². The molecular formula is C9H13O4S-. The van der Waals surface area contributed by atoms with Crippen molar-refractivity contribution in [3.05, 3.63) is 0 Å². The van der Waals surface area contributed by atoms with Crippen molar-refractivity contribution in [2.24, 2.45) is 11.8 Å². The van der Waals surface area contributed by atoms with Crippen LogP contribution >= 0.6 is 0 Å². The smallest absolute Gasteiger partial charge is 0.154 e. The topological polar surface area (TPSA) is 74.3 Å².